The van der Waals surface area contributed by atoms with Gasteiger partial charge < -0.3 is 20.5 Å². The standard InChI is InChI=1S/C12H18N2O5S/c1-3-7-20-8-6-13-12(18)14-9(11(16)17)4-5-10(15)19-2/h1,9H,4-8H2,2H3,(H,16,17)(H2,13,14,18)/t9-/m0/s1. The number of carbonyl (C=O) groups is 3. The lowest BCUT2D eigenvalue weighted by Gasteiger charge is -2.14. The average Bonchev–Trinajstić information content (AvgIpc) is 2.42. The van der Waals surface area contributed by atoms with Gasteiger partial charge >= 0.3 is 18.0 Å². The van der Waals surface area contributed by atoms with Gasteiger partial charge in [-0.05, 0) is 6.42 Å². The van der Waals surface area contributed by atoms with Crippen LogP contribution >= 0.6 is 11.8 Å². The Labute approximate surface area is 121 Å². The van der Waals surface area contributed by atoms with Crippen molar-refractivity contribution in [3.8, 4) is 12.3 Å². The van der Waals surface area contributed by atoms with Crippen molar-refractivity contribution < 1.29 is 24.2 Å². The Kier molecular flexibility index (Phi) is 9.96. The first kappa shape index (κ1) is 18.1. The molecule has 0 bridgehead atoms. The molecule has 0 spiro atoms. The first-order valence-electron chi connectivity index (χ1n) is 5.86. The van der Waals surface area contributed by atoms with Crippen LogP contribution in [0.5, 0.6) is 0 Å². The number of hydrogen-bond acceptors (Lipinski definition) is 5. The van der Waals surface area contributed by atoms with E-state index in [9.17, 15) is 14.4 Å². The molecule has 0 saturated carbocycles. The van der Waals surface area contributed by atoms with Crippen LogP contribution in [0.15, 0.2) is 0 Å². The molecule has 0 aliphatic heterocycles. The lowest BCUT2D eigenvalue weighted by molar-refractivity contribution is -0.142. The maximum absolute atomic E-state index is 11.5. The van der Waals surface area contributed by atoms with Gasteiger partial charge in [0.05, 0.1) is 12.9 Å². The minimum absolute atomic E-state index is 0.0265. The molecule has 0 aliphatic rings. The smallest absolute Gasteiger partial charge is 0.326 e. The fourth-order valence-electron chi connectivity index (χ4n) is 1.20. The minimum Gasteiger partial charge on any atom is -0.480 e. The van der Waals surface area contributed by atoms with E-state index in [-0.39, 0.29) is 12.8 Å². The zero-order valence-electron chi connectivity index (χ0n) is 11.2. The van der Waals surface area contributed by atoms with Crippen LogP contribution in [-0.4, -0.2) is 54.3 Å². The number of hydrogen-bond donors (Lipinski definition) is 3. The molecule has 1 atom stereocenters. The molecule has 0 aromatic heterocycles. The first-order chi connectivity index (χ1) is 9.51. The van der Waals surface area contributed by atoms with Gasteiger partial charge in [0.15, 0.2) is 0 Å². The Morgan fingerprint density at radius 2 is 2.15 bits per heavy atom. The number of carboxylic acids is 1. The van der Waals surface area contributed by atoms with Gasteiger partial charge in [0.25, 0.3) is 0 Å². The summed E-state index contributed by atoms with van der Waals surface area (Å²) in [7, 11) is 1.21. The molecule has 0 saturated heterocycles. The van der Waals surface area contributed by atoms with E-state index in [0.717, 1.165) is 0 Å². The van der Waals surface area contributed by atoms with Crippen LogP contribution in [-0.2, 0) is 14.3 Å². The summed E-state index contributed by atoms with van der Waals surface area (Å²) in [5.74, 6) is 1.91. The summed E-state index contributed by atoms with van der Waals surface area (Å²) in [6.07, 6.45) is 4.96. The summed E-state index contributed by atoms with van der Waals surface area (Å²) >= 11 is 1.48. The van der Waals surface area contributed by atoms with Crippen molar-refractivity contribution in [1.29, 1.82) is 0 Å². The Hall–Kier alpha value is -1.88. The van der Waals surface area contributed by atoms with Crippen LogP contribution in [0.25, 0.3) is 0 Å². The predicted octanol–water partition coefficient (Wildman–Crippen LogP) is 0.0584. The third kappa shape index (κ3) is 9.10. The molecule has 0 aromatic carbocycles. The van der Waals surface area contributed by atoms with Crippen molar-refractivity contribution in [3.05, 3.63) is 0 Å². The highest BCUT2D eigenvalue weighted by Gasteiger charge is 2.20. The van der Waals surface area contributed by atoms with E-state index in [4.69, 9.17) is 11.5 Å². The zero-order valence-corrected chi connectivity index (χ0v) is 12.0. The summed E-state index contributed by atoms with van der Waals surface area (Å²) in [5, 5.41) is 13.7. The monoisotopic (exact) mass is 302 g/mol. The number of ether oxygens (including phenoxy) is 1. The number of carboxylic acid groups (broad SMARTS) is 1. The number of amides is 2. The Bertz CT molecular complexity index is 381. The quantitative estimate of drug-likeness (QED) is 0.316. The van der Waals surface area contributed by atoms with E-state index in [2.05, 4.69) is 21.3 Å². The fraction of sp³-hybridized carbons (Fsp3) is 0.583. The molecule has 112 valence electrons. The van der Waals surface area contributed by atoms with Crippen molar-refractivity contribution in [2.24, 2.45) is 0 Å². The van der Waals surface area contributed by atoms with Gasteiger partial charge in [-0.25, -0.2) is 9.59 Å². The molecule has 3 N–H and O–H groups in total. The second-order valence-corrected chi connectivity index (χ2v) is 4.77. The number of carbonyl (C=O) groups excluding carboxylic acids is 2. The number of methoxy groups -OCH3 is 1. The molecular formula is C12H18N2O5S. The maximum Gasteiger partial charge on any atom is 0.326 e. The molecule has 2 amide bonds. The van der Waals surface area contributed by atoms with E-state index in [1.165, 1.54) is 18.9 Å². The molecule has 0 aliphatic carbocycles. The SMILES string of the molecule is C#CCSCCNC(=O)N[C@@H](CCC(=O)OC)C(=O)O. The summed E-state index contributed by atoms with van der Waals surface area (Å²) in [4.78, 5) is 33.3. The molecule has 8 heteroatoms. The second kappa shape index (κ2) is 11.0. The van der Waals surface area contributed by atoms with E-state index in [1.54, 1.807) is 0 Å². The van der Waals surface area contributed by atoms with Crippen LogP contribution in [0.3, 0.4) is 0 Å². The molecule has 7 nitrogen and oxygen atoms in total. The number of terminal acetylenes is 1. The van der Waals surface area contributed by atoms with Crippen LogP contribution in [0, 0.1) is 12.3 Å². The highest BCUT2D eigenvalue weighted by molar-refractivity contribution is 7.99. The molecular weight excluding hydrogens is 284 g/mol. The van der Waals surface area contributed by atoms with Gasteiger partial charge in [0.1, 0.15) is 6.04 Å². The first-order valence-corrected chi connectivity index (χ1v) is 7.02. The third-order valence-corrected chi connectivity index (χ3v) is 3.05. The molecule has 0 heterocycles. The molecule has 0 aromatic rings. The summed E-state index contributed by atoms with van der Waals surface area (Å²) in [6, 6.07) is -1.73. The Balaban J connectivity index is 3.99. The van der Waals surface area contributed by atoms with E-state index in [0.29, 0.717) is 18.1 Å². The maximum atomic E-state index is 11.5. The number of thioether (sulfide) groups is 1. The fourth-order valence-corrected chi connectivity index (χ4v) is 1.71. The van der Waals surface area contributed by atoms with Crippen molar-refractivity contribution in [3.63, 3.8) is 0 Å². The van der Waals surface area contributed by atoms with Crippen LogP contribution in [0.1, 0.15) is 12.8 Å². The van der Waals surface area contributed by atoms with Gasteiger partial charge in [0, 0.05) is 18.7 Å². The summed E-state index contributed by atoms with van der Waals surface area (Å²) < 4.78 is 4.41. The third-order valence-electron chi connectivity index (χ3n) is 2.19. The van der Waals surface area contributed by atoms with Crippen molar-refractivity contribution in [2.75, 3.05) is 25.2 Å². The largest absolute Gasteiger partial charge is 0.480 e. The van der Waals surface area contributed by atoms with Crippen LogP contribution < -0.4 is 10.6 Å². The molecule has 20 heavy (non-hydrogen) atoms. The summed E-state index contributed by atoms with van der Waals surface area (Å²) in [6.45, 7) is 0.377. The molecule has 0 unspecified atom stereocenters. The topological polar surface area (TPSA) is 105 Å². The average molecular weight is 302 g/mol. The minimum atomic E-state index is -1.20. The number of aliphatic carboxylic acids is 1. The number of nitrogens with one attached hydrogen (secondary N) is 2. The lowest BCUT2D eigenvalue weighted by atomic mass is 10.1. The molecule has 0 radical (unpaired) electrons. The molecule has 0 fully saturated rings. The summed E-state index contributed by atoms with van der Waals surface area (Å²) in [5.41, 5.74) is 0. The van der Waals surface area contributed by atoms with Crippen molar-refractivity contribution in [2.45, 2.75) is 18.9 Å². The number of rotatable bonds is 9. The Morgan fingerprint density at radius 1 is 1.45 bits per heavy atom. The van der Waals surface area contributed by atoms with Gasteiger partial charge in [-0.3, -0.25) is 4.79 Å². The van der Waals surface area contributed by atoms with E-state index < -0.39 is 24.0 Å². The molecule has 0 rings (SSSR count). The normalized spacial score (nSPS) is 11.0. The van der Waals surface area contributed by atoms with Crippen molar-refractivity contribution >= 4 is 29.7 Å². The van der Waals surface area contributed by atoms with Crippen LogP contribution in [0.4, 0.5) is 4.79 Å². The predicted molar refractivity (Wildman–Crippen MR) is 75.4 cm³/mol. The zero-order chi connectivity index (χ0) is 15.4. The highest BCUT2D eigenvalue weighted by Crippen LogP contribution is 2.00. The van der Waals surface area contributed by atoms with Crippen molar-refractivity contribution in [1.82, 2.24) is 10.6 Å². The second-order valence-electron chi connectivity index (χ2n) is 3.66. The van der Waals surface area contributed by atoms with Gasteiger partial charge in [-0.15, -0.1) is 18.2 Å². The Morgan fingerprint density at radius 3 is 2.70 bits per heavy atom. The van der Waals surface area contributed by atoms with Gasteiger partial charge in [-0.2, -0.15) is 0 Å². The highest BCUT2D eigenvalue weighted by atomic mass is 32.2. The van der Waals surface area contributed by atoms with Crippen LogP contribution in [0.2, 0.25) is 0 Å². The van der Waals surface area contributed by atoms with Gasteiger partial charge in [0.2, 0.25) is 0 Å². The lowest BCUT2D eigenvalue weighted by Crippen LogP contribution is -2.46. The number of esters is 1. The van der Waals surface area contributed by atoms with E-state index >= 15 is 0 Å². The van der Waals surface area contributed by atoms with E-state index in [1.807, 2.05) is 0 Å². The number of urea groups is 1. The van der Waals surface area contributed by atoms with Gasteiger partial charge in [-0.1, -0.05) is 5.92 Å².